The highest BCUT2D eigenvalue weighted by atomic mass is 32.2. The average Bonchev–Trinajstić information content (AvgIpc) is 2.79. The summed E-state index contributed by atoms with van der Waals surface area (Å²) in [6, 6.07) is 3.24. The summed E-state index contributed by atoms with van der Waals surface area (Å²) in [6.07, 6.45) is 3.59. The predicted molar refractivity (Wildman–Crippen MR) is 85.9 cm³/mol. The second kappa shape index (κ2) is 5.85. The minimum atomic E-state index is -3.91. The molecule has 126 valence electrons. The largest absolute Gasteiger partial charge is 0.311 e. The van der Waals surface area contributed by atoms with Gasteiger partial charge in [0.2, 0.25) is 10.0 Å². The van der Waals surface area contributed by atoms with Crippen molar-refractivity contribution >= 4 is 15.7 Å². The normalized spacial score (nSPS) is 27.1. The Morgan fingerprint density at radius 2 is 1.74 bits per heavy atom. The molecule has 0 saturated carbocycles. The van der Waals surface area contributed by atoms with Crippen molar-refractivity contribution in [2.75, 3.05) is 0 Å². The summed E-state index contributed by atoms with van der Waals surface area (Å²) in [5, 5.41) is 14.7. The van der Waals surface area contributed by atoms with Gasteiger partial charge in [-0.1, -0.05) is 0 Å². The zero-order valence-corrected chi connectivity index (χ0v) is 14.0. The van der Waals surface area contributed by atoms with Crippen LogP contribution in [-0.4, -0.2) is 31.5 Å². The van der Waals surface area contributed by atoms with Gasteiger partial charge in [-0.2, -0.15) is 0 Å². The summed E-state index contributed by atoms with van der Waals surface area (Å²) in [7, 11) is -3.91. The minimum absolute atomic E-state index is 0.167. The van der Waals surface area contributed by atoms with Crippen LogP contribution in [0.3, 0.4) is 0 Å². The number of piperidine rings is 1. The van der Waals surface area contributed by atoms with Gasteiger partial charge < -0.3 is 5.32 Å². The quantitative estimate of drug-likeness (QED) is 0.643. The highest BCUT2D eigenvalue weighted by molar-refractivity contribution is 7.89. The van der Waals surface area contributed by atoms with E-state index in [1.807, 2.05) is 0 Å². The van der Waals surface area contributed by atoms with E-state index < -0.39 is 14.9 Å². The first-order valence-corrected chi connectivity index (χ1v) is 9.28. The van der Waals surface area contributed by atoms with Gasteiger partial charge in [0, 0.05) is 24.2 Å². The Hall–Kier alpha value is -1.51. The third-order valence-corrected chi connectivity index (χ3v) is 6.41. The molecule has 2 aliphatic rings. The van der Waals surface area contributed by atoms with Crippen LogP contribution in [0.2, 0.25) is 0 Å². The van der Waals surface area contributed by atoms with Gasteiger partial charge in [0.25, 0.3) is 5.69 Å². The molecule has 0 radical (unpaired) electrons. The summed E-state index contributed by atoms with van der Waals surface area (Å²) in [4.78, 5) is 10.4. The smallest absolute Gasteiger partial charge is 0.289 e. The highest BCUT2D eigenvalue weighted by Crippen LogP contribution is 2.30. The van der Waals surface area contributed by atoms with Crippen molar-refractivity contribution in [3.05, 3.63) is 33.4 Å². The van der Waals surface area contributed by atoms with Crippen molar-refractivity contribution in [3.63, 3.8) is 0 Å². The highest BCUT2D eigenvalue weighted by Gasteiger charge is 2.36. The van der Waals surface area contributed by atoms with Gasteiger partial charge >= 0.3 is 0 Å². The molecule has 23 heavy (non-hydrogen) atoms. The van der Waals surface area contributed by atoms with Crippen molar-refractivity contribution in [2.45, 2.75) is 62.6 Å². The first kappa shape index (κ1) is 16.4. The number of hydrogen-bond acceptors (Lipinski definition) is 5. The van der Waals surface area contributed by atoms with Crippen molar-refractivity contribution < 1.29 is 13.3 Å². The van der Waals surface area contributed by atoms with Gasteiger partial charge in [0.05, 0.1) is 4.92 Å². The van der Waals surface area contributed by atoms with Gasteiger partial charge in [-0.05, 0) is 56.7 Å². The Morgan fingerprint density at radius 1 is 1.17 bits per heavy atom. The second-order valence-electron chi connectivity index (χ2n) is 6.59. The van der Waals surface area contributed by atoms with Crippen LogP contribution in [0.1, 0.15) is 36.8 Å². The lowest BCUT2D eigenvalue weighted by Gasteiger charge is -2.29. The van der Waals surface area contributed by atoms with Gasteiger partial charge in [0.15, 0.2) is 4.90 Å². The van der Waals surface area contributed by atoms with E-state index in [0.717, 1.165) is 31.2 Å². The van der Waals surface area contributed by atoms with Gasteiger partial charge in [-0.3, -0.25) is 10.1 Å². The Labute approximate surface area is 135 Å². The third-order valence-electron chi connectivity index (χ3n) is 4.86. The molecule has 8 heteroatoms. The standard InChI is InChI=1S/C15H21N3O4S/c1-9-5-14(18(19)20)15(6-10(9)2)23(21,22)17-13-7-11-3-4-12(8-13)16-11/h5-6,11-13,16-17H,3-4,7-8H2,1-2H3. The van der Waals surface area contributed by atoms with Crippen LogP contribution in [0.15, 0.2) is 17.0 Å². The number of sulfonamides is 1. The van der Waals surface area contributed by atoms with Crippen LogP contribution in [-0.2, 0) is 10.0 Å². The van der Waals surface area contributed by atoms with Crippen LogP contribution < -0.4 is 10.0 Å². The fourth-order valence-corrected chi connectivity index (χ4v) is 5.07. The number of benzene rings is 1. The molecule has 2 aliphatic heterocycles. The van der Waals surface area contributed by atoms with E-state index in [4.69, 9.17) is 0 Å². The fourth-order valence-electron chi connectivity index (χ4n) is 3.57. The fraction of sp³-hybridized carbons (Fsp3) is 0.600. The van der Waals surface area contributed by atoms with Crippen LogP contribution in [0.5, 0.6) is 0 Å². The molecule has 0 aromatic heterocycles. The summed E-state index contributed by atoms with van der Waals surface area (Å²) in [5.74, 6) is 0. The number of nitro benzene ring substituents is 1. The first-order chi connectivity index (χ1) is 10.8. The van der Waals surface area contributed by atoms with Crippen LogP contribution >= 0.6 is 0 Å². The molecule has 3 rings (SSSR count). The lowest BCUT2D eigenvalue weighted by molar-refractivity contribution is -0.387. The predicted octanol–water partition coefficient (Wildman–Crippen LogP) is 1.77. The molecule has 2 heterocycles. The summed E-state index contributed by atoms with van der Waals surface area (Å²) >= 11 is 0. The Morgan fingerprint density at radius 3 is 2.30 bits per heavy atom. The summed E-state index contributed by atoms with van der Waals surface area (Å²) in [5.41, 5.74) is 1.06. The van der Waals surface area contributed by atoms with Crippen LogP contribution in [0, 0.1) is 24.0 Å². The molecule has 1 aromatic carbocycles. The number of rotatable bonds is 4. The summed E-state index contributed by atoms with van der Waals surface area (Å²) in [6.45, 7) is 3.49. The minimum Gasteiger partial charge on any atom is -0.311 e. The molecule has 2 fully saturated rings. The molecule has 0 amide bonds. The molecule has 2 N–H and O–H groups in total. The molecule has 2 atom stereocenters. The molecule has 0 aliphatic carbocycles. The number of hydrogen-bond donors (Lipinski definition) is 2. The number of fused-ring (bicyclic) bond motifs is 2. The van der Waals surface area contributed by atoms with Gasteiger partial charge in [0.1, 0.15) is 0 Å². The Bertz CT molecular complexity index is 735. The first-order valence-electron chi connectivity index (χ1n) is 7.80. The van der Waals surface area contributed by atoms with Crippen LogP contribution in [0.4, 0.5) is 5.69 Å². The van der Waals surface area contributed by atoms with Crippen molar-refractivity contribution in [1.82, 2.24) is 10.0 Å². The van der Waals surface area contributed by atoms with E-state index in [9.17, 15) is 18.5 Å². The van der Waals surface area contributed by atoms with Gasteiger partial charge in [-0.25, -0.2) is 13.1 Å². The van der Waals surface area contributed by atoms with Crippen molar-refractivity contribution in [3.8, 4) is 0 Å². The van der Waals surface area contributed by atoms with E-state index in [-0.39, 0.29) is 16.6 Å². The molecule has 2 saturated heterocycles. The monoisotopic (exact) mass is 339 g/mol. The van der Waals surface area contributed by atoms with Crippen molar-refractivity contribution in [1.29, 1.82) is 0 Å². The van der Waals surface area contributed by atoms with Crippen LogP contribution in [0.25, 0.3) is 0 Å². The number of nitro groups is 1. The molecule has 1 aromatic rings. The third kappa shape index (κ3) is 3.24. The Balaban J connectivity index is 1.90. The molecular weight excluding hydrogens is 318 g/mol. The van der Waals surface area contributed by atoms with E-state index in [2.05, 4.69) is 10.0 Å². The molecule has 7 nitrogen and oxygen atoms in total. The zero-order valence-electron chi connectivity index (χ0n) is 13.2. The number of nitrogens with zero attached hydrogens (tertiary/aromatic N) is 1. The number of aryl methyl sites for hydroxylation is 2. The Kier molecular flexibility index (Phi) is 4.16. The zero-order chi connectivity index (χ0) is 16.8. The molecule has 2 unspecified atom stereocenters. The van der Waals surface area contributed by atoms with E-state index in [0.29, 0.717) is 17.6 Å². The number of nitrogens with one attached hydrogen (secondary N) is 2. The van der Waals surface area contributed by atoms with E-state index in [1.165, 1.54) is 12.1 Å². The van der Waals surface area contributed by atoms with Crippen molar-refractivity contribution in [2.24, 2.45) is 0 Å². The lowest BCUT2D eigenvalue weighted by atomic mass is 10.0. The van der Waals surface area contributed by atoms with Gasteiger partial charge in [-0.15, -0.1) is 0 Å². The maximum Gasteiger partial charge on any atom is 0.289 e. The topological polar surface area (TPSA) is 101 Å². The summed E-state index contributed by atoms with van der Waals surface area (Å²) < 4.78 is 28.1. The average molecular weight is 339 g/mol. The second-order valence-corrected chi connectivity index (χ2v) is 8.27. The molecular formula is C15H21N3O4S. The molecule has 0 spiro atoms. The van der Waals surface area contributed by atoms with E-state index >= 15 is 0 Å². The molecule has 2 bridgehead atoms. The lowest BCUT2D eigenvalue weighted by Crippen LogP contribution is -2.48. The SMILES string of the molecule is Cc1cc([N+](=O)[O-])c(S(=O)(=O)NC2CC3CCC(C2)N3)cc1C. The van der Waals surface area contributed by atoms with E-state index in [1.54, 1.807) is 13.8 Å². The maximum atomic E-state index is 12.7. The maximum absolute atomic E-state index is 12.7.